The Kier molecular flexibility index (Phi) is 11.5. The highest BCUT2D eigenvalue weighted by atomic mass is 17.2. The third-order valence-corrected chi connectivity index (χ3v) is 2.40. The van der Waals surface area contributed by atoms with Crippen molar-refractivity contribution in [2.45, 2.75) is 51.4 Å². The van der Waals surface area contributed by atoms with Crippen molar-refractivity contribution in [3.63, 3.8) is 0 Å². The van der Waals surface area contributed by atoms with Crippen molar-refractivity contribution in [3.05, 3.63) is 0 Å². The molecule has 0 aromatic heterocycles. The smallest absolute Gasteiger partial charge is 0.330 e. The molecule has 6 heteroatoms. The first-order valence-electron chi connectivity index (χ1n) is 6.51. The van der Waals surface area contributed by atoms with Gasteiger partial charge in [0.1, 0.15) is 0 Å². The summed E-state index contributed by atoms with van der Waals surface area (Å²) in [5.41, 5.74) is 10.6. The molecule has 0 rings (SSSR count). The summed E-state index contributed by atoms with van der Waals surface area (Å²) < 4.78 is 0. The van der Waals surface area contributed by atoms with Gasteiger partial charge in [0.25, 0.3) is 0 Å². The summed E-state index contributed by atoms with van der Waals surface area (Å²) >= 11 is 0. The third-order valence-electron chi connectivity index (χ3n) is 2.40. The molecule has 6 nitrogen and oxygen atoms in total. The lowest BCUT2D eigenvalue weighted by atomic mass is 10.2. The molecule has 0 heterocycles. The van der Waals surface area contributed by atoms with Crippen molar-refractivity contribution in [3.8, 4) is 0 Å². The molecule has 0 radical (unpaired) electrons. The molecular weight excluding hydrogens is 236 g/mol. The Balaban J connectivity index is 3.39. The summed E-state index contributed by atoms with van der Waals surface area (Å²) in [6.07, 6.45) is 5.41. The normalized spacial score (nSPS) is 10.1. The van der Waals surface area contributed by atoms with Crippen molar-refractivity contribution in [2.24, 2.45) is 11.5 Å². The van der Waals surface area contributed by atoms with E-state index in [1.807, 2.05) is 0 Å². The van der Waals surface area contributed by atoms with Crippen molar-refractivity contribution in [1.82, 2.24) is 0 Å². The van der Waals surface area contributed by atoms with Crippen LogP contribution in [0.4, 0.5) is 0 Å². The second-order valence-electron chi connectivity index (χ2n) is 4.11. The number of hydrogen-bond donors (Lipinski definition) is 2. The second-order valence-corrected chi connectivity index (χ2v) is 4.11. The lowest BCUT2D eigenvalue weighted by Crippen LogP contribution is -2.11. The van der Waals surface area contributed by atoms with Crippen molar-refractivity contribution in [1.29, 1.82) is 0 Å². The lowest BCUT2D eigenvalue weighted by molar-refractivity contribution is -0.259. The Labute approximate surface area is 108 Å². The maximum Gasteiger partial charge on any atom is 0.355 e. The zero-order valence-corrected chi connectivity index (χ0v) is 10.9. The van der Waals surface area contributed by atoms with Gasteiger partial charge in [0.15, 0.2) is 0 Å². The Morgan fingerprint density at radius 1 is 0.667 bits per heavy atom. The minimum absolute atomic E-state index is 0.250. The SMILES string of the molecule is NCCCCCC(=O)OOC(=O)CCCCCN. The molecule has 0 aromatic carbocycles. The molecule has 0 aliphatic carbocycles. The molecule has 0 aromatic rings. The fraction of sp³-hybridized carbons (Fsp3) is 0.833. The monoisotopic (exact) mass is 260 g/mol. The van der Waals surface area contributed by atoms with E-state index in [9.17, 15) is 9.59 Å². The van der Waals surface area contributed by atoms with E-state index in [2.05, 4.69) is 9.78 Å². The first-order valence-corrected chi connectivity index (χ1v) is 6.51. The molecule has 0 atom stereocenters. The van der Waals surface area contributed by atoms with Crippen molar-refractivity contribution < 1.29 is 19.4 Å². The Hall–Kier alpha value is -1.14. The van der Waals surface area contributed by atoms with Crippen molar-refractivity contribution >= 4 is 11.9 Å². The van der Waals surface area contributed by atoms with E-state index in [0.717, 1.165) is 25.7 Å². The summed E-state index contributed by atoms with van der Waals surface area (Å²) in [5.74, 6) is -1.02. The van der Waals surface area contributed by atoms with Gasteiger partial charge in [-0.25, -0.2) is 19.4 Å². The van der Waals surface area contributed by atoms with Gasteiger partial charge in [-0.2, -0.15) is 0 Å². The Bertz CT molecular complexity index is 210. The van der Waals surface area contributed by atoms with E-state index in [1.165, 1.54) is 0 Å². The van der Waals surface area contributed by atoms with Gasteiger partial charge in [0, 0.05) is 0 Å². The zero-order valence-electron chi connectivity index (χ0n) is 10.9. The summed E-state index contributed by atoms with van der Waals surface area (Å²) in [7, 11) is 0. The van der Waals surface area contributed by atoms with Crippen LogP contribution >= 0.6 is 0 Å². The number of nitrogens with two attached hydrogens (primary N) is 2. The highest BCUT2D eigenvalue weighted by molar-refractivity contribution is 5.72. The van der Waals surface area contributed by atoms with Crippen LogP contribution in [0.25, 0.3) is 0 Å². The molecule has 0 saturated carbocycles. The molecule has 0 aliphatic heterocycles. The Morgan fingerprint density at radius 3 is 1.39 bits per heavy atom. The number of rotatable bonds is 10. The van der Waals surface area contributed by atoms with Gasteiger partial charge in [0.05, 0.1) is 12.8 Å². The Morgan fingerprint density at radius 2 is 1.06 bits per heavy atom. The second kappa shape index (κ2) is 12.3. The third kappa shape index (κ3) is 11.3. The molecule has 0 fully saturated rings. The average molecular weight is 260 g/mol. The zero-order chi connectivity index (χ0) is 13.6. The summed E-state index contributed by atoms with van der Waals surface area (Å²) in [6, 6.07) is 0. The van der Waals surface area contributed by atoms with Gasteiger partial charge in [-0.3, -0.25) is 0 Å². The topological polar surface area (TPSA) is 105 Å². The number of hydrogen-bond acceptors (Lipinski definition) is 6. The molecule has 0 spiro atoms. The number of unbranched alkanes of at least 4 members (excludes halogenated alkanes) is 4. The maximum absolute atomic E-state index is 11.1. The minimum atomic E-state index is -0.512. The van der Waals surface area contributed by atoms with Crippen LogP contribution in [0.2, 0.25) is 0 Å². The van der Waals surface area contributed by atoms with Crippen LogP contribution in [-0.4, -0.2) is 25.0 Å². The molecular formula is C12H24N2O4. The molecule has 0 unspecified atom stereocenters. The largest absolute Gasteiger partial charge is 0.355 e. The van der Waals surface area contributed by atoms with Crippen LogP contribution in [0.5, 0.6) is 0 Å². The minimum Gasteiger partial charge on any atom is -0.330 e. The molecule has 0 bridgehead atoms. The summed E-state index contributed by atoms with van der Waals surface area (Å²) in [5, 5.41) is 0. The molecule has 0 amide bonds. The van der Waals surface area contributed by atoms with Gasteiger partial charge < -0.3 is 11.5 Å². The molecule has 4 N–H and O–H groups in total. The van der Waals surface area contributed by atoms with Crippen LogP contribution in [0.1, 0.15) is 51.4 Å². The van der Waals surface area contributed by atoms with E-state index in [-0.39, 0.29) is 12.8 Å². The quantitative estimate of drug-likeness (QED) is 0.345. The van der Waals surface area contributed by atoms with Gasteiger partial charge in [-0.15, -0.1) is 0 Å². The fourth-order valence-electron chi connectivity index (χ4n) is 1.36. The van der Waals surface area contributed by atoms with E-state index >= 15 is 0 Å². The molecule has 106 valence electrons. The van der Waals surface area contributed by atoms with Crippen LogP contribution in [0.15, 0.2) is 0 Å². The predicted octanol–water partition coefficient (Wildman–Crippen LogP) is 1.03. The summed E-state index contributed by atoms with van der Waals surface area (Å²) in [6.45, 7) is 1.24. The lowest BCUT2D eigenvalue weighted by Gasteiger charge is -2.03. The van der Waals surface area contributed by atoms with Crippen LogP contribution < -0.4 is 11.5 Å². The highest BCUT2D eigenvalue weighted by Gasteiger charge is 2.09. The molecule has 0 saturated heterocycles. The van der Waals surface area contributed by atoms with Crippen LogP contribution in [0, 0.1) is 0 Å². The van der Waals surface area contributed by atoms with Gasteiger partial charge >= 0.3 is 11.9 Å². The standard InChI is InChI=1S/C12H24N2O4/c13-9-5-1-3-7-11(15)17-18-12(16)8-4-2-6-10-14/h1-10,13-14H2. The van der Waals surface area contributed by atoms with E-state index < -0.39 is 11.9 Å². The van der Waals surface area contributed by atoms with E-state index in [1.54, 1.807) is 0 Å². The van der Waals surface area contributed by atoms with Gasteiger partial charge in [0.2, 0.25) is 0 Å². The molecule has 18 heavy (non-hydrogen) atoms. The summed E-state index contributed by atoms with van der Waals surface area (Å²) in [4.78, 5) is 31.1. The van der Waals surface area contributed by atoms with E-state index in [0.29, 0.717) is 25.9 Å². The van der Waals surface area contributed by atoms with E-state index in [4.69, 9.17) is 11.5 Å². The highest BCUT2D eigenvalue weighted by Crippen LogP contribution is 2.03. The van der Waals surface area contributed by atoms with Crippen LogP contribution in [-0.2, 0) is 19.4 Å². The number of carbonyl (C=O) groups is 2. The van der Waals surface area contributed by atoms with Gasteiger partial charge in [-0.1, -0.05) is 12.8 Å². The fourth-order valence-corrected chi connectivity index (χ4v) is 1.36. The first-order chi connectivity index (χ1) is 8.70. The predicted molar refractivity (Wildman–Crippen MR) is 67.2 cm³/mol. The average Bonchev–Trinajstić information content (AvgIpc) is 2.37. The number of carbonyl (C=O) groups excluding carboxylic acids is 2. The first kappa shape index (κ1) is 16.9. The molecule has 0 aliphatic rings. The van der Waals surface area contributed by atoms with Crippen LogP contribution in [0.3, 0.4) is 0 Å². The van der Waals surface area contributed by atoms with Gasteiger partial charge in [-0.05, 0) is 38.8 Å². The maximum atomic E-state index is 11.1. The van der Waals surface area contributed by atoms with Crippen molar-refractivity contribution in [2.75, 3.05) is 13.1 Å².